The number of hydrogen-bond donors (Lipinski definition) is 0. The number of halogens is 2. The highest BCUT2D eigenvalue weighted by molar-refractivity contribution is 6.32. The Kier molecular flexibility index (Phi) is 6.98. The average Bonchev–Trinajstić information content (AvgIpc) is 2.03. The lowest BCUT2D eigenvalue weighted by molar-refractivity contribution is 0.505. The Balaban J connectivity index is 0.000000364. The van der Waals surface area contributed by atoms with Crippen LogP contribution in [-0.2, 0) is 5.88 Å². The largest absolute Gasteiger partial charge is 0.312 e. The fourth-order valence-electron chi connectivity index (χ4n) is 0.761. The van der Waals surface area contributed by atoms with E-state index in [1.165, 1.54) is 5.56 Å². The summed E-state index contributed by atoms with van der Waals surface area (Å²) < 4.78 is 0. The van der Waals surface area contributed by atoms with Gasteiger partial charge in [0.1, 0.15) is 0 Å². The van der Waals surface area contributed by atoms with Crippen LogP contribution in [0.25, 0.3) is 0 Å². The molecule has 0 fully saturated rings. The molecule has 0 aliphatic heterocycles. The smallest absolute Gasteiger partial charge is 0.0488 e. The highest BCUT2D eigenvalue weighted by Gasteiger charge is 1.96. The van der Waals surface area contributed by atoms with Crippen LogP contribution in [0.3, 0.4) is 0 Å². The van der Waals surface area contributed by atoms with Crippen LogP contribution in [-0.4, -0.2) is 26.0 Å². The molecule has 0 saturated carbocycles. The SMILES string of the molecule is CN(C)C.Cc1ccc(CCl)c(Cl)c1. The number of alkyl halides is 1. The van der Waals surface area contributed by atoms with E-state index in [-0.39, 0.29) is 0 Å². The van der Waals surface area contributed by atoms with Crippen LogP contribution in [0.2, 0.25) is 5.02 Å². The lowest BCUT2D eigenvalue weighted by Crippen LogP contribution is -1.99. The maximum atomic E-state index is 5.85. The first-order valence-electron chi connectivity index (χ1n) is 4.39. The van der Waals surface area contributed by atoms with E-state index in [0.29, 0.717) is 5.88 Å². The van der Waals surface area contributed by atoms with Gasteiger partial charge in [0.15, 0.2) is 0 Å². The number of nitrogens with zero attached hydrogens (tertiary/aromatic N) is 1. The van der Waals surface area contributed by atoms with E-state index in [0.717, 1.165) is 10.6 Å². The minimum atomic E-state index is 0.485. The summed E-state index contributed by atoms with van der Waals surface area (Å²) >= 11 is 11.4. The van der Waals surface area contributed by atoms with Crippen LogP contribution in [0, 0.1) is 6.92 Å². The van der Waals surface area contributed by atoms with Crippen LogP contribution >= 0.6 is 23.2 Å². The van der Waals surface area contributed by atoms with Crippen molar-refractivity contribution in [2.75, 3.05) is 21.1 Å². The molecule has 0 saturated heterocycles. The summed E-state index contributed by atoms with van der Waals surface area (Å²) in [5.74, 6) is 0.485. The fraction of sp³-hybridized carbons (Fsp3) is 0.455. The molecule has 0 amide bonds. The molecule has 0 radical (unpaired) electrons. The van der Waals surface area contributed by atoms with Crippen molar-refractivity contribution in [1.29, 1.82) is 0 Å². The summed E-state index contributed by atoms with van der Waals surface area (Å²) in [6, 6.07) is 5.87. The quantitative estimate of drug-likeness (QED) is 0.671. The molecule has 0 aromatic heterocycles. The van der Waals surface area contributed by atoms with Crippen molar-refractivity contribution in [3.05, 3.63) is 34.3 Å². The summed E-state index contributed by atoms with van der Waals surface area (Å²) in [7, 11) is 6.00. The van der Waals surface area contributed by atoms with Gasteiger partial charge in [-0.1, -0.05) is 23.7 Å². The summed E-state index contributed by atoms with van der Waals surface area (Å²) in [5.41, 5.74) is 2.16. The zero-order valence-electron chi connectivity index (χ0n) is 9.14. The Hall–Kier alpha value is -0.240. The molecular formula is C11H17Cl2N. The fourth-order valence-corrected chi connectivity index (χ4v) is 1.36. The van der Waals surface area contributed by atoms with E-state index in [2.05, 4.69) is 0 Å². The molecule has 3 heteroatoms. The lowest BCUT2D eigenvalue weighted by atomic mass is 10.2. The molecule has 1 rings (SSSR count). The van der Waals surface area contributed by atoms with E-state index in [9.17, 15) is 0 Å². The third-order valence-corrected chi connectivity index (χ3v) is 1.99. The second kappa shape index (κ2) is 7.10. The van der Waals surface area contributed by atoms with Crippen molar-refractivity contribution in [3.8, 4) is 0 Å². The summed E-state index contributed by atoms with van der Waals surface area (Å²) in [6.07, 6.45) is 0. The molecule has 0 heterocycles. The average molecular weight is 234 g/mol. The van der Waals surface area contributed by atoms with Crippen LogP contribution in [0.4, 0.5) is 0 Å². The molecule has 0 aliphatic rings. The standard InChI is InChI=1S/C8H8Cl2.C3H9N/c1-6-2-3-7(5-9)8(10)4-6;1-4(2)3/h2-4H,5H2,1H3;1-3H3. The van der Waals surface area contributed by atoms with Gasteiger partial charge in [-0.2, -0.15) is 0 Å². The zero-order valence-corrected chi connectivity index (χ0v) is 10.7. The molecular weight excluding hydrogens is 217 g/mol. The second-order valence-corrected chi connectivity index (χ2v) is 4.24. The Labute approximate surface area is 96.6 Å². The van der Waals surface area contributed by atoms with E-state index in [1.807, 2.05) is 51.2 Å². The molecule has 1 aromatic carbocycles. The predicted octanol–water partition coefficient (Wildman–Crippen LogP) is 3.57. The minimum absolute atomic E-state index is 0.485. The van der Waals surface area contributed by atoms with Gasteiger partial charge in [-0.3, -0.25) is 0 Å². The van der Waals surface area contributed by atoms with E-state index in [4.69, 9.17) is 23.2 Å². The maximum absolute atomic E-state index is 5.85. The van der Waals surface area contributed by atoms with Gasteiger partial charge in [-0.25, -0.2) is 0 Å². The van der Waals surface area contributed by atoms with Gasteiger partial charge < -0.3 is 4.90 Å². The molecule has 80 valence electrons. The predicted molar refractivity (Wildman–Crippen MR) is 65.4 cm³/mol. The third kappa shape index (κ3) is 6.25. The first-order chi connectivity index (χ1) is 6.47. The van der Waals surface area contributed by atoms with E-state index < -0.39 is 0 Å². The second-order valence-electron chi connectivity index (χ2n) is 3.57. The zero-order chi connectivity index (χ0) is 11.1. The molecule has 14 heavy (non-hydrogen) atoms. The third-order valence-electron chi connectivity index (χ3n) is 1.35. The normalized spacial score (nSPS) is 9.64. The van der Waals surface area contributed by atoms with Crippen LogP contribution in [0.1, 0.15) is 11.1 Å². The number of aryl methyl sites for hydroxylation is 1. The van der Waals surface area contributed by atoms with Crippen LogP contribution in [0.15, 0.2) is 18.2 Å². The number of benzene rings is 1. The van der Waals surface area contributed by atoms with Gasteiger partial charge in [0.25, 0.3) is 0 Å². The van der Waals surface area contributed by atoms with E-state index in [1.54, 1.807) is 0 Å². The summed E-state index contributed by atoms with van der Waals surface area (Å²) in [4.78, 5) is 2.00. The van der Waals surface area contributed by atoms with Crippen molar-refractivity contribution in [1.82, 2.24) is 4.90 Å². The molecule has 0 unspecified atom stereocenters. The minimum Gasteiger partial charge on any atom is -0.312 e. The summed E-state index contributed by atoms with van der Waals surface area (Å²) in [6.45, 7) is 2.00. The molecule has 0 spiro atoms. The van der Waals surface area contributed by atoms with Crippen molar-refractivity contribution in [2.24, 2.45) is 0 Å². The highest BCUT2D eigenvalue weighted by atomic mass is 35.5. The van der Waals surface area contributed by atoms with E-state index >= 15 is 0 Å². The Morgan fingerprint density at radius 2 is 1.71 bits per heavy atom. The van der Waals surface area contributed by atoms with Crippen LogP contribution in [0.5, 0.6) is 0 Å². The van der Waals surface area contributed by atoms with Gasteiger partial charge in [0, 0.05) is 10.9 Å². The van der Waals surface area contributed by atoms with Crippen molar-refractivity contribution in [3.63, 3.8) is 0 Å². The Morgan fingerprint density at radius 1 is 1.21 bits per heavy atom. The number of hydrogen-bond acceptors (Lipinski definition) is 1. The molecule has 0 bridgehead atoms. The van der Waals surface area contributed by atoms with Crippen molar-refractivity contribution < 1.29 is 0 Å². The first-order valence-corrected chi connectivity index (χ1v) is 5.30. The molecule has 1 aromatic rings. The van der Waals surface area contributed by atoms with Gasteiger partial charge in [-0.05, 0) is 45.3 Å². The van der Waals surface area contributed by atoms with Gasteiger partial charge >= 0.3 is 0 Å². The van der Waals surface area contributed by atoms with Crippen molar-refractivity contribution >= 4 is 23.2 Å². The van der Waals surface area contributed by atoms with Crippen molar-refractivity contribution in [2.45, 2.75) is 12.8 Å². The molecule has 0 N–H and O–H groups in total. The molecule has 0 atom stereocenters. The van der Waals surface area contributed by atoms with Gasteiger partial charge in [-0.15, -0.1) is 11.6 Å². The monoisotopic (exact) mass is 233 g/mol. The van der Waals surface area contributed by atoms with Gasteiger partial charge in [0.2, 0.25) is 0 Å². The number of rotatable bonds is 1. The molecule has 1 nitrogen and oxygen atoms in total. The highest BCUT2D eigenvalue weighted by Crippen LogP contribution is 2.18. The Morgan fingerprint density at radius 3 is 2.07 bits per heavy atom. The summed E-state index contributed by atoms with van der Waals surface area (Å²) in [5, 5.41) is 0.759. The topological polar surface area (TPSA) is 3.24 Å². The van der Waals surface area contributed by atoms with Crippen LogP contribution < -0.4 is 0 Å². The van der Waals surface area contributed by atoms with Gasteiger partial charge in [0.05, 0.1) is 0 Å². The first kappa shape index (κ1) is 13.8. The Bertz CT molecular complexity index is 269. The maximum Gasteiger partial charge on any atom is 0.0488 e. The lowest BCUT2D eigenvalue weighted by Gasteiger charge is -1.99. The molecule has 0 aliphatic carbocycles.